The number of benzene rings is 1. The normalized spacial score (nSPS) is 19.7. The molecular weight excluding hydrogens is 451 g/mol. The molecule has 34 heavy (non-hydrogen) atoms. The smallest absolute Gasteiger partial charge is 0.474 e. The first kappa shape index (κ1) is 26.1. The summed E-state index contributed by atoms with van der Waals surface area (Å²) < 4.78 is 59.4. The lowest BCUT2D eigenvalue weighted by atomic mass is 10.0. The van der Waals surface area contributed by atoms with Crippen molar-refractivity contribution in [2.24, 2.45) is 11.8 Å². The number of hydrogen-bond donors (Lipinski definition) is 0. The van der Waals surface area contributed by atoms with Gasteiger partial charge in [-0.25, -0.2) is 17.8 Å². The van der Waals surface area contributed by atoms with Crippen LogP contribution >= 0.6 is 0 Å². The van der Waals surface area contributed by atoms with Crippen molar-refractivity contribution < 1.29 is 26.9 Å². The number of hydrogen-bond acceptors (Lipinski definition) is 4. The van der Waals surface area contributed by atoms with Gasteiger partial charge in [0.2, 0.25) is 5.43 Å². The molecule has 10 heteroatoms. The van der Waals surface area contributed by atoms with Crippen molar-refractivity contribution in [3.05, 3.63) is 39.4 Å². The zero-order chi connectivity index (χ0) is 25.2. The maximum Gasteiger partial charge on any atom is 0.798 e. The van der Waals surface area contributed by atoms with Crippen LogP contribution in [0.25, 0.3) is 10.9 Å². The van der Waals surface area contributed by atoms with Crippen molar-refractivity contribution in [1.82, 2.24) is 4.57 Å². The fourth-order valence-electron chi connectivity index (χ4n) is 4.58. The molecule has 1 saturated carbocycles. The molecule has 1 aromatic carbocycles. The van der Waals surface area contributed by atoms with E-state index in [1.54, 1.807) is 4.57 Å². The summed E-state index contributed by atoms with van der Waals surface area (Å²) in [5.41, 5.74) is 0.0562. The Kier molecular flexibility index (Phi) is 8.31. The molecule has 4 rings (SSSR count). The van der Waals surface area contributed by atoms with Gasteiger partial charge in [0.05, 0.1) is 17.9 Å². The van der Waals surface area contributed by atoms with E-state index in [1.165, 1.54) is 12.6 Å². The molecule has 0 amide bonds. The van der Waals surface area contributed by atoms with Crippen LogP contribution in [0.15, 0.2) is 17.1 Å². The van der Waals surface area contributed by atoms with E-state index in [2.05, 4.69) is 18.5 Å². The molecule has 0 radical (unpaired) electrons. The van der Waals surface area contributed by atoms with Crippen LogP contribution in [0, 0.1) is 17.7 Å². The van der Waals surface area contributed by atoms with Crippen LogP contribution in [0.5, 0.6) is 0 Å². The summed E-state index contributed by atoms with van der Waals surface area (Å²) in [5, 5.41) is -0.0389. The van der Waals surface area contributed by atoms with Gasteiger partial charge in [0.25, 0.3) is 0 Å². The van der Waals surface area contributed by atoms with Crippen molar-refractivity contribution in [1.29, 1.82) is 0 Å². The van der Waals surface area contributed by atoms with E-state index in [4.69, 9.17) is 0 Å². The molecule has 2 unspecified atom stereocenters. The lowest BCUT2D eigenvalue weighted by Crippen LogP contribution is -2.26. The lowest BCUT2D eigenvalue weighted by molar-refractivity contribution is 0.0693. The molecule has 5 nitrogen and oxygen atoms in total. The van der Waals surface area contributed by atoms with E-state index < -0.39 is 36.9 Å². The van der Waals surface area contributed by atoms with Gasteiger partial charge in [-0.05, 0) is 31.2 Å². The second-order valence-corrected chi connectivity index (χ2v) is 9.12. The number of rotatable bonds is 6. The third-order valence-corrected chi connectivity index (χ3v) is 6.33. The first-order valence-electron chi connectivity index (χ1n) is 11.9. The second-order valence-electron chi connectivity index (χ2n) is 9.12. The largest absolute Gasteiger partial charge is 0.798 e. The Balaban J connectivity index is 0.00000103. The Bertz CT molecular complexity index is 1100. The maximum absolute atomic E-state index is 15.3. The van der Waals surface area contributed by atoms with Crippen molar-refractivity contribution in [3.8, 4) is 0 Å². The van der Waals surface area contributed by atoms with E-state index in [-0.39, 0.29) is 23.3 Å². The predicted molar refractivity (Wildman–Crippen MR) is 126 cm³/mol. The van der Waals surface area contributed by atoms with Crippen LogP contribution in [0.3, 0.4) is 0 Å². The van der Waals surface area contributed by atoms with Crippen LogP contribution in [0.4, 0.5) is 23.1 Å². The van der Waals surface area contributed by atoms with Crippen LogP contribution in [-0.4, -0.2) is 37.8 Å². The predicted octanol–water partition coefficient (Wildman–Crippen LogP) is 5.58. The lowest BCUT2D eigenvalue weighted by Gasteiger charge is -2.25. The van der Waals surface area contributed by atoms with Gasteiger partial charge in [0, 0.05) is 42.2 Å². The molecule has 186 valence electrons. The molecule has 0 spiro atoms. The highest BCUT2D eigenvalue weighted by Gasteiger charge is 2.35. The van der Waals surface area contributed by atoms with Gasteiger partial charge in [-0.1, -0.05) is 34.1 Å². The SMILES string of the molecule is CCC.CCc1c(N2CC(C)C(CF)C2)c(F)cc2c(=O)c(C(=O)OB(F)F)cn(C3CC3)c12. The monoisotopic (exact) mass is 482 g/mol. The van der Waals surface area contributed by atoms with Crippen molar-refractivity contribution in [2.45, 2.75) is 59.4 Å². The number of anilines is 1. The van der Waals surface area contributed by atoms with Gasteiger partial charge in [-0.2, -0.15) is 0 Å². The molecule has 1 saturated heterocycles. The third-order valence-electron chi connectivity index (χ3n) is 6.33. The zero-order valence-electron chi connectivity index (χ0n) is 20.0. The van der Waals surface area contributed by atoms with Crippen LogP contribution in [0.2, 0.25) is 0 Å². The van der Waals surface area contributed by atoms with E-state index in [1.807, 2.05) is 18.7 Å². The summed E-state index contributed by atoms with van der Waals surface area (Å²) in [6, 6.07) is 1.05. The van der Waals surface area contributed by atoms with E-state index in [0.717, 1.165) is 18.9 Å². The summed E-state index contributed by atoms with van der Waals surface area (Å²) in [5.74, 6) is -2.22. The van der Waals surface area contributed by atoms with Gasteiger partial charge in [0.15, 0.2) is 0 Å². The molecule has 0 bridgehead atoms. The number of carbonyl (C=O) groups excluding carboxylic acids is 1. The van der Waals surface area contributed by atoms with Crippen molar-refractivity contribution >= 4 is 30.0 Å². The fraction of sp³-hybridized carbons (Fsp3) is 0.583. The molecule has 1 aromatic heterocycles. The number of halogens is 4. The number of carbonyl (C=O) groups is 1. The minimum absolute atomic E-state index is 0.0131. The fourth-order valence-corrected chi connectivity index (χ4v) is 4.58. The van der Waals surface area contributed by atoms with E-state index in [0.29, 0.717) is 36.3 Å². The first-order chi connectivity index (χ1) is 16.2. The summed E-state index contributed by atoms with van der Waals surface area (Å²) >= 11 is 0. The van der Waals surface area contributed by atoms with Gasteiger partial charge in [0.1, 0.15) is 11.4 Å². The Morgan fingerprint density at radius 1 is 1.21 bits per heavy atom. The Hall–Kier alpha value is -2.52. The zero-order valence-corrected chi connectivity index (χ0v) is 20.0. The highest BCUT2D eigenvalue weighted by molar-refractivity contribution is 6.38. The molecule has 1 aliphatic heterocycles. The highest BCUT2D eigenvalue weighted by atomic mass is 19.2. The number of aromatic nitrogens is 1. The molecule has 2 aromatic rings. The average Bonchev–Trinajstić information content (AvgIpc) is 3.55. The minimum atomic E-state index is -3.36. The molecular formula is C24H31BF4N2O3. The third kappa shape index (κ3) is 5.10. The Labute approximate surface area is 197 Å². The topological polar surface area (TPSA) is 51.5 Å². The molecule has 2 heterocycles. The van der Waals surface area contributed by atoms with Gasteiger partial charge in [-0.3, -0.25) is 9.18 Å². The molecule has 1 aliphatic carbocycles. The Morgan fingerprint density at radius 2 is 1.85 bits per heavy atom. The summed E-state index contributed by atoms with van der Waals surface area (Å²) in [7, 11) is -3.36. The maximum atomic E-state index is 15.3. The standard InChI is InChI=1S/C21H23BF4N2O3.C3H8/c1-3-14-18-15(6-17(24)19(14)27-8-11(2)12(7-23)9-27)20(29)16(21(30)31-22(25)26)10-28(18)13-4-5-13;1-3-2/h6,10-13H,3-5,7-9H2,1-2H3;3H2,1-2H3. The van der Waals surface area contributed by atoms with Crippen LogP contribution in [-0.2, 0) is 11.1 Å². The minimum Gasteiger partial charge on any atom is -0.474 e. The van der Waals surface area contributed by atoms with Gasteiger partial charge < -0.3 is 14.1 Å². The highest BCUT2D eigenvalue weighted by Crippen LogP contribution is 2.41. The van der Waals surface area contributed by atoms with Crippen LogP contribution in [0.1, 0.15) is 68.9 Å². The quantitative estimate of drug-likeness (QED) is 0.399. The average molecular weight is 482 g/mol. The summed E-state index contributed by atoms with van der Waals surface area (Å²) in [6.45, 7) is 8.40. The van der Waals surface area contributed by atoms with Crippen LogP contribution < -0.4 is 10.3 Å². The number of fused-ring (bicyclic) bond motifs is 1. The van der Waals surface area contributed by atoms with Gasteiger partial charge in [-0.15, -0.1) is 0 Å². The summed E-state index contributed by atoms with van der Waals surface area (Å²) in [4.78, 5) is 26.9. The Morgan fingerprint density at radius 3 is 2.35 bits per heavy atom. The molecule has 0 N–H and O–H groups in total. The molecule has 2 fully saturated rings. The van der Waals surface area contributed by atoms with Crippen molar-refractivity contribution in [3.63, 3.8) is 0 Å². The van der Waals surface area contributed by atoms with E-state index >= 15 is 4.39 Å². The van der Waals surface area contributed by atoms with E-state index in [9.17, 15) is 22.6 Å². The van der Waals surface area contributed by atoms with Crippen molar-refractivity contribution in [2.75, 3.05) is 24.7 Å². The number of alkyl halides is 1. The first-order valence-corrected chi connectivity index (χ1v) is 11.9. The number of aryl methyl sites for hydroxylation is 1. The van der Waals surface area contributed by atoms with Gasteiger partial charge >= 0.3 is 13.4 Å². The number of pyridine rings is 1. The molecule has 2 aliphatic rings. The second kappa shape index (κ2) is 10.8. The molecule has 2 atom stereocenters. The number of nitrogens with zero attached hydrogens (tertiary/aromatic N) is 2. The summed E-state index contributed by atoms with van der Waals surface area (Å²) in [6.07, 6.45) is 4.50.